The normalized spacial score (nSPS) is 16.5. The Hall–Kier alpha value is -3.80. The van der Waals surface area contributed by atoms with E-state index in [0.29, 0.717) is 42.3 Å². The van der Waals surface area contributed by atoms with Gasteiger partial charge in [-0.3, -0.25) is 10.1 Å². The molecule has 1 unspecified atom stereocenters. The number of nitrogens with two attached hydrogens (primary N) is 1. The molecule has 1 amide bonds. The summed E-state index contributed by atoms with van der Waals surface area (Å²) in [5.41, 5.74) is 7.48. The summed E-state index contributed by atoms with van der Waals surface area (Å²) in [4.78, 5) is 20.4. The number of halogens is 3. The Labute approximate surface area is 184 Å². The Bertz CT molecular complexity index is 1340. The molecule has 0 saturated carbocycles. The molecule has 0 radical (unpaired) electrons. The highest BCUT2D eigenvalue weighted by molar-refractivity contribution is 5.96. The molecule has 0 spiro atoms. The first kappa shape index (κ1) is 21.1. The Morgan fingerprint density at radius 3 is 2.79 bits per heavy atom. The second-order valence-electron chi connectivity index (χ2n) is 7.66. The lowest BCUT2D eigenvalue weighted by atomic mass is 10.1. The molecule has 3 N–H and O–H groups in total. The van der Waals surface area contributed by atoms with Crippen LogP contribution in [0.2, 0.25) is 0 Å². The number of carbonyl (C=O) groups excluding carboxylic acids is 1. The first-order valence-electron chi connectivity index (χ1n) is 10.1. The molecular formula is C21H18F3N5O4. The largest absolute Gasteiger partial charge is 0.573 e. The Morgan fingerprint density at radius 1 is 1.21 bits per heavy atom. The van der Waals surface area contributed by atoms with Crippen LogP contribution in [0.15, 0.2) is 40.8 Å². The third-order valence-electron chi connectivity index (χ3n) is 5.31. The van der Waals surface area contributed by atoms with Gasteiger partial charge in [-0.25, -0.2) is 4.98 Å². The molecule has 9 nitrogen and oxygen atoms in total. The van der Waals surface area contributed by atoms with Crippen LogP contribution in [0.5, 0.6) is 5.75 Å². The van der Waals surface area contributed by atoms with Crippen molar-refractivity contribution >= 4 is 40.0 Å². The SMILES string of the molecule is NC(=O)c1ccc2c(c1)nc(Nc1nc3ccc(OC(F)(F)F)cc3o1)n2CC1CCOC1. The number of oxazole rings is 1. The highest BCUT2D eigenvalue weighted by Gasteiger charge is 2.31. The Kier molecular flexibility index (Phi) is 5.08. The van der Waals surface area contributed by atoms with Gasteiger partial charge in [0.2, 0.25) is 11.9 Å². The number of imidazole rings is 1. The summed E-state index contributed by atoms with van der Waals surface area (Å²) >= 11 is 0. The lowest BCUT2D eigenvalue weighted by molar-refractivity contribution is -0.274. The summed E-state index contributed by atoms with van der Waals surface area (Å²) in [6.45, 7) is 1.89. The Balaban J connectivity index is 1.50. The van der Waals surface area contributed by atoms with E-state index in [2.05, 4.69) is 20.0 Å². The number of anilines is 2. The van der Waals surface area contributed by atoms with Crippen molar-refractivity contribution in [1.82, 2.24) is 14.5 Å². The van der Waals surface area contributed by atoms with Gasteiger partial charge >= 0.3 is 12.4 Å². The number of aromatic nitrogens is 3. The summed E-state index contributed by atoms with van der Waals surface area (Å²) < 4.78 is 54.4. The van der Waals surface area contributed by atoms with Gasteiger partial charge in [0, 0.05) is 30.7 Å². The lowest BCUT2D eigenvalue weighted by Crippen LogP contribution is -2.16. The molecule has 1 saturated heterocycles. The summed E-state index contributed by atoms with van der Waals surface area (Å²) in [5.74, 6) is -0.313. The number of alkyl halides is 3. The minimum atomic E-state index is -4.81. The number of fused-ring (bicyclic) bond motifs is 2. The number of carbonyl (C=O) groups is 1. The fourth-order valence-electron chi connectivity index (χ4n) is 3.80. The first-order chi connectivity index (χ1) is 15.7. The molecule has 1 aliphatic rings. The molecule has 0 bridgehead atoms. The van der Waals surface area contributed by atoms with Crippen molar-refractivity contribution in [1.29, 1.82) is 0 Å². The molecule has 12 heteroatoms. The third-order valence-corrected chi connectivity index (χ3v) is 5.31. The van der Waals surface area contributed by atoms with Crippen molar-refractivity contribution in [3.05, 3.63) is 42.0 Å². The maximum Gasteiger partial charge on any atom is 0.573 e. The van der Waals surface area contributed by atoms with Gasteiger partial charge in [0.15, 0.2) is 5.58 Å². The molecule has 1 fully saturated rings. The van der Waals surface area contributed by atoms with E-state index in [9.17, 15) is 18.0 Å². The van der Waals surface area contributed by atoms with E-state index in [4.69, 9.17) is 14.9 Å². The van der Waals surface area contributed by atoms with Crippen LogP contribution in [-0.4, -0.2) is 40.0 Å². The minimum absolute atomic E-state index is 0.0449. The zero-order chi connectivity index (χ0) is 23.2. The molecule has 4 aromatic rings. The topological polar surface area (TPSA) is 117 Å². The van der Waals surface area contributed by atoms with Gasteiger partial charge in [-0.05, 0) is 36.8 Å². The third kappa shape index (κ3) is 4.42. The van der Waals surface area contributed by atoms with Crippen LogP contribution in [0.1, 0.15) is 16.8 Å². The van der Waals surface area contributed by atoms with E-state index < -0.39 is 18.0 Å². The molecular weight excluding hydrogens is 443 g/mol. The number of nitrogens with zero attached hydrogens (tertiary/aromatic N) is 3. The van der Waals surface area contributed by atoms with Gasteiger partial charge in [-0.2, -0.15) is 4.98 Å². The number of hydrogen-bond acceptors (Lipinski definition) is 7. The number of benzene rings is 2. The molecule has 33 heavy (non-hydrogen) atoms. The van der Waals surface area contributed by atoms with Crippen LogP contribution in [0, 0.1) is 5.92 Å². The van der Waals surface area contributed by atoms with Crippen molar-refractivity contribution in [2.75, 3.05) is 18.5 Å². The predicted molar refractivity (Wildman–Crippen MR) is 111 cm³/mol. The lowest BCUT2D eigenvalue weighted by Gasteiger charge is -2.13. The average molecular weight is 461 g/mol. The van der Waals surface area contributed by atoms with Gasteiger partial charge in [-0.15, -0.1) is 13.2 Å². The molecule has 0 aliphatic carbocycles. The van der Waals surface area contributed by atoms with E-state index in [0.717, 1.165) is 24.1 Å². The van der Waals surface area contributed by atoms with E-state index in [-0.39, 0.29) is 17.5 Å². The smallest absolute Gasteiger partial charge is 0.423 e. The van der Waals surface area contributed by atoms with Crippen molar-refractivity contribution in [3.63, 3.8) is 0 Å². The van der Waals surface area contributed by atoms with E-state index in [1.54, 1.807) is 18.2 Å². The molecule has 3 heterocycles. The van der Waals surface area contributed by atoms with E-state index in [1.807, 2.05) is 4.57 Å². The fourth-order valence-corrected chi connectivity index (χ4v) is 3.80. The van der Waals surface area contributed by atoms with Gasteiger partial charge in [0.05, 0.1) is 17.6 Å². The second-order valence-corrected chi connectivity index (χ2v) is 7.66. The quantitative estimate of drug-likeness (QED) is 0.446. The van der Waals surface area contributed by atoms with Crippen LogP contribution in [-0.2, 0) is 11.3 Å². The summed E-state index contributed by atoms with van der Waals surface area (Å²) in [6.07, 6.45) is -3.92. The molecule has 2 aromatic carbocycles. The van der Waals surface area contributed by atoms with Gasteiger partial charge in [0.25, 0.3) is 0 Å². The number of amides is 1. The van der Waals surface area contributed by atoms with Crippen molar-refractivity contribution in [3.8, 4) is 5.75 Å². The standard InChI is InChI=1S/C21H18F3N5O4/c22-21(23,24)33-13-2-3-14-17(8-13)32-20(27-14)28-19-26-15-7-12(18(25)30)1-4-16(15)29(19)9-11-5-6-31-10-11/h1-4,7-8,11H,5-6,9-10H2,(H2,25,30)(H,26,27,28). The van der Waals surface area contributed by atoms with Crippen molar-refractivity contribution < 1.29 is 31.9 Å². The fraction of sp³-hybridized carbons (Fsp3) is 0.286. The highest BCUT2D eigenvalue weighted by Crippen LogP contribution is 2.30. The van der Waals surface area contributed by atoms with Crippen LogP contribution in [0.4, 0.5) is 25.1 Å². The summed E-state index contributed by atoms with van der Waals surface area (Å²) in [5, 5.41) is 3.00. The maximum absolute atomic E-state index is 12.5. The zero-order valence-electron chi connectivity index (χ0n) is 17.1. The number of ether oxygens (including phenoxy) is 2. The minimum Gasteiger partial charge on any atom is -0.423 e. The van der Waals surface area contributed by atoms with Crippen LogP contribution in [0.3, 0.4) is 0 Å². The number of hydrogen-bond donors (Lipinski definition) is 2. The highest BCUT2D eigenvalue weighted by atomic mass is 19.4. The maximum atomic E-state index is 12.5. The number of primary amides is 1. The van der Waals surface area contributed by atoms with Crippen LogP contribution < -0.4 is 15.8 Å². The van der Waals surface area contributed by atoms with Gasteiger partial charge in [0.1, 0.15) is 11.3 Å². The second kappa shape index (κ2) is 7.96. The Morgan fingerprint density at radius 2 is 2.06 bits per heavy atom. The van der Waals surface area contributed by atoms with Gasteiger partial charge in [-0.1, -0.05) is 0 Å². The van der Waals surface area contributed by atoms with E-state index >= 15 is 0 Å². The summed E-state index contributed by atoms with van der Waals surface area (Å²) in [6, 6.07) is 8.65. The van der Waals surface area contributed by atoms with E-state index in [1.165, 1.54) is 6.07 Å². The number of nitrogens with one attached hydrogen (secondary N) is 1. The van der Waals surface area contributed by atoms with Crippen LogP contribution >= 0.6 is 0 Å². The monoisotopic (exact) mass is 461 g/mol. The first-order valence-corrected chi connectivity index (χ1v) is 10.1. The van der Waals surface area contributed by atoms with Gasteiger partial charge < -0.3 is 24.2 Å². The molecule has 1 atom stereocenters. The molecule has 172 valence electrons. The molecule has 2 aromatic heterocycles. The average Bonchev–Trinajstić information content (AvgIpc) is 3.46. The molecule has 1 aliphatic heterocycles. The summed E-state index contributed by atoms with van der Waals surface area (Å²) in [7, 11) is 0. The van der Waals surface area contributed by atoms with Crippen molar-refractivity contribution in [2.45, 2.75) is 19.3 Å². The van der Waals surface area contributed by atoms with Crippen molar-refractivity contribution in [2.24, 2.45) is 11.7 Å². The van der Waals surface area contributed by atoms with Crippen LogP contribution in [0.25, 0.3) is 22.1 Å². The molecule has 5 rings (SSSR count). The predicted octanol–water partition coefficient (Wildman–Crippen LogP) is 3.96. The number of rotatable bonds is 6. The zero-order valence-corrected chi connectivity index (χ0v) is 17.1.